The lowest BCUT2D eigenvalue weighted by molar-refractivity contribution is -0.131. The van der Waals surface area contributed by atoms with Crippen LogP contribution in [0, 0.1) is 23.2 Å². The summed E-state index contributed by atoms with van der Waals surface area (Å²) >= 11 is 6.64. The van der Waals surface area contributed by atoms with Gasteiger partial charge < -0.3 is 5.11 Å². The van der Waals surface area contributed by atoms with Gasteiger partial charge in [-0.15, -0.1) is 5.10 Å². The lowest BCUT2D eigenvalue weighted by atomic mass is 9.84. The number of allylic oxidation sites excluding steroid dienone is 1. The molecule has 1 aliphatic carbocycles. The van der Waals surface area contributed by atoms with Crippen molar-refractivity contribution in [3.63, 3.8) is 0 Å². The van der Waals surface area contributed by atoms with E-state index in [1.54, 1.807) is 6.07 Å². The summed E-state index contributed by atoms with van der Waals surface area (Å²) in [6, 6.07) is 20.7. The van der Waals surface area contributed by atoms with Crippen LogP contribution in [0.4, 0.5) is 4.39 Å². The number of benzene rings is 3. The van der Waals surface area contributed by atoms with Gasteiger partial charge in [-0.2, -0.15) is 9.65 Å². The number of halogens is 2. The van der Waals surface area contributed by atoms with E-state index < -0.39 is 11.9 Å². The van der Waals surface area contributed by atoms with E-state index in [0.29, 0.717) is 16.1 Å². The first kappa shape index (κ1) is 22.6. The molecule has 35 heavy (non-hydrogen) atoms. The van der Waals surface area contributed by atoms with Crippen molar-refractivity contribution in [2.24, 2.45) is 5.92 Å². The number of hydrogen-bond donors (Lipinski definition) is 2. The van der Waals surface area contributed by atoms with Crippen LogP contribution in [0.1, 0.15) is 40.7 Å². The highest BCUT2D eigenvalue weighted by Crippen LogP contribution is 2.50. The number of aromatic nitrogens is 2. The van der Waals surface area contributed by atoms with Gasteiger partial charge in [-0.05, 0) is 64.8 Å². The number of H-pyrrole nitrogens is 1. The highest BCUT2D eigenvalue weighted by molar-refractivity contribution is 6.33. The van der Waals surface area contributed by atoms with Crippen LogP contribution in [0.3, 0.4) is 0 Å². The van der Waals surface area contributed by atoms with E-state index in [9.17, 15) is 14.4 Å². The van der Waals surface area contributed by atoms with Crippen molar-refractivity contribution in [3.05, 3.63) is 106 Å². The third-order valence-corrected chi connectivity index (χ3v) is 6.43. The Hall–Kier alpha value is -4.21. The molecule has 0 aliphatic heterocycles. The monoisotopic (exact) mass is 483 g/mol. The number of hydrogen-bond acceptors (Lipinski definition) is 3. The highest BCUT2D eigenvalue weighted by atomic mass is 35.5. The number of aliphatic carboxylic acids is 1. The van der Waals surface area contributed by atoms with E-state index >= 15 is 0 Å². The lowest BCUT2D eigenvalue weighted by Crippen LogP contribution is -2.01. The summed E-state index contributed by atoms with van der Waals surface area (Å²) in [7, 11) is 0. The molecule has 0 spiro atoms. The van der Waals surface area contributed by atoms with E-state index in [1.807, 2.05) is 54.6 Å². The maximum atomic E-state index is 14.6. The lowest BCUT2D eigenvalue weighted by Gasteiger charge is -2.19. The van der Waals surface area contributed by atoms with E-state index in [2.05, 4.69) is 16.3 Å². The summed E-state index contributed by atoms with van der Waals surface area (Å²) in [5.74, 6) is -1.51. The molecule has 0 unspecified atom stereocenters. The number of carboxylic acid groups (broad SMARTS) is 1. The normalized spacial score (nSPS) is 14.2. The molecule has 7 heteroatoms. The molecule has 0 saturated heterocycles. The molecule has 1 saturated carbocycles. The molecule has 5 rings (SSSR count). The number of nitrogens with zero attached hydrogens (tertiary/aromatic N) is 2. The SMILES string of the molecule is N#Cc1c(/C(=C(/c2ccccc2Cl)C2CC2)c2ccc(/C=C/C(=O)O)cc2)ccc2[nH]nc(F)c12. The summed E-state index contributed by atoms with van der Waals surface area (Å²) in [6.45, 7) is 0. The summed E-state index contributed by atoms with van der Waals surface area (Å²) < 4.78 is 14.6. The van der Waals surface area contributed by atoms with Crippen LogP contribution in [0.25, 0.3) is 28.1 Å². The number of nitriles is 1. The van der Waals surface area contributed by atoms with Crippen molar-refractivity contribution in [2.45, 2.75) is 12.8 Å². The third-order valence-electron chi connectivity index (χ3n) is 6.10. The van der Waals surface area contributed by atoms with E-state index in [1.165, 1.54) is 6.08 Å². The van der Waals surface area contributed by atoms with E-state index in [4.69, 9.17) is 16.7 Å². The quantitative estimate of drug-likeness (QED) is 0.236. The summed E-state index contributed by atoms with van der Waals surface area (Å²) in [5, 5.41) is 26.1. The van der Waals surface area contributed by atoms with Crippen LogP contribution in [0.15, 0.2) is 66.7 Å². The number of aromatic amines is 1. The third kappa shape index (κ3) is 4.34. The maximum absolute atomic E-state index is 14.6. The average molecular weight is 484 g/mol. The van der Waals surface area contributed by atoms with Crippen molar-refractivity contribution in [1.29, 1.82) is 5.26 Å². The second-order valence-electron chi connectivity index (χ2n) is 8.37. The Labute approximate surface area is 205 Å². The molecule has 1 aliphatic rings. The van der Waals surface area contributed by atoms with Crippen LogP contribution in [0.5, 0.6) is 0 Å². The fourth-order valence-corrected chi connectivity index (χ4v) is 4.63. The molecule has 0 radical (unpaired) electrons. The minimum Gasteiger partial charge on any atom is -0.478 e. The fourth-order valence-electron chi connectivity index (χ4n) is 4.39. The van der Waals surface area contributed by atoms with Crippen molar-refractivity contribution >= 4 is 45.7 Å². The number of carbonyl (C=O) groups is 1. The minimum atomic E-state index is -1.03. The van der Waals surface area contributed by atoms with Crippen LogP contribution in [0.2, 0.25) is 5.02 Å². The van der Waals surface area contributed by atoms with Crippen molar-refractivity contribution in [2.75, 3.05) is 0 Å². The van der Waals surface area contributed by atoms with Crippen LogP contribution in [-0.2, 0) is 4.79 Å². The van der Waals surface area contributed by atoms with Gasteiger partial charge in [0.05, 0.1) is 16.5 Å². The average Bonchev–Trinajstić information content (AvgIpc) is 3.63. The predicted octanol–water partition coefficient (Wildman–Crippen LogP) is 6.69. The largest absolute Gasteiger partial charge is 0.478 e. The van der Waals surface area contributed by atoms with Gasteiger partial charge in [-0.1, -0.05) is 60.1 Å². The second-order valence-corrected chi connectivity index (χ2v) is 8.78. The summed E-state index contributed by atoms with van der Waals surface area (Å²) in [6.07, 6.45) is 4.55. The van der Waals surface area contributed by atoms with Crippen LogP contribution < -0.4 is 0 Å². The Kier molecular flexibility index (Phi) is 5.94. The van der Waals surface area contributed by atoms with Crippen LogP contribution >= 0.6 is 11.6 Å². The zero-order valence-corrected chi connectivity index (χ0v) is 19.2. The molecule has 1 heterocycles. The Morgan fingerprint density at radius 3 is 2.51 bits per heavy atom. The van der Waals surface area contributed by atoms with Gasteiger partial charge in [0, 0.05) is 16.7 Å². The number of fused-ring (bicyclic) bond motifs is 1. The Bertz CT molecular complexity index is 1560. The van der Waals surface area contributed by atoms with Gasteiger partial charge in [-0.25, -0.2) is 4.79 Å². The van der Waals surface area contributed by atoms with Crippen LogP contribution in [-0.4, -0.2) is 21.3 Å². The first-order chi connectivity index (χ1) is 17.0. The van der Waals surface area contributed by atoms with Gasteiger partial charge in [0.25, 0.3) is 0 Å². The molecule has 172 valence electrons. The van der Waals surface area contributed by atoms with Gasteiger partial charge in [-0.3, -0.25) is 5.10 Å². The predicted molar refractivity (Wildman–Crippen MR) is 134 cm³/mol. The summed E-state index contributed by atoms with van der Waals surface area (Å²) in [5.41, 5.74) is 5.45. The molecular weight excluding hydrogens is 465 g/mol. The van der Waals surface area contributed by atoms with Crippen molar-refractivity contribution < 1.29 is 14.3 Å². The fraction of sp³-hybridized carbons (Fsp3) is 0.107. The molecule has 3 aromatic carbocycles. The zero-order chi connectivity index (χ0) is 24.5. The van der Waals surface area contributed by atoms with E-state index in [-0.39, 0.29) is 16.9 Å². The Balaban J connectivity index is 1.82. The smallest absolute Gasteiger partial charge is 0.328 e. The molecule has 1 aromatic heterocycles. The number of carboxylic acids is 1. The standard InChI is InChI=1S/C28H19ClFN3O2/c29-22-4-2-1-3-20(22)26(18-10-11-18)25(17-8-5-16(6-9-17)7-14-24(34)35)19-12-13-23-27(21(19)15-31)28(30)33-32-23/h1-9,12-14,18H,10-11H2,(H,32,33)(H,34,35)/b14-7+,26-25+. The number of rotatable bonds is 6. The molecule has 1 fully saturated rings. The zero-order valence-electron chi connectivity index (χ0n) is 18.4. The Morgan fingerprint density at radius 1 is 1.11 bits per heavy atom. The first-order valence-corrected chi connectivity index (χ1v) is 11.4. The maximum Gasteiger partial charge on any atom is 0.328 e. The molecule has 0 amide bonds. The van der Waals surface area contributed by atoms with Gasteiger partial charge in [0.15, 0.2) is 0 Å². The highest BCUT2D eigenvalue weighted by Gasteiger charge is 2.32. The topological polar surface area (TPSA) is 89.8 Å². The molecule has 0 atom stereocenters. The molecule has 0 bridgehead atoms. The summed E-state index contributed by atoms with van der Waals surface area (Å²) in [4.78, 5) is 10.9. The number of nitrogens with one attached hydrogen (secondary N) is 1. The molecular formula is C28H19ClFN3O2. The van der Waals surface area contributed by atoms with Gasteiger partial charge in [0.1, 0.15) is 6.07 Å². The molecule has 4 aromatic rings. The van der Waals surface area contributed by atoms with Gasteiger partial charge in [0.2, 0.25) is 5.95 Å². The Morgan fingerprint density at radius 2 is 1.86 bits per heavy atom. The molecule has 2 N–H and O–H groups in total. The van der Waals surface area contributed by atoms with E-state index in [0.717, 1.165) is 46.8 Å². The van der Waals surface area contributed by atoms with Crippen molar-refractivity contribution in [3.8, 4) is 6.07 Å². The second kappa shape index (κ2) is 9.21. The molecule has 5 nitrogen and oxygen atoms in total. The first-order valence-electron chi connectivity index (χ1n) is 11.1. The minimum absolute atomic E-state index is 0.151. The van der Waals surface area contributed by atoms with Gasteiger partial charge >= 0.3 is 5.97 Å². The van der Waals surface area contributed by atoms with Crippen molar-refractivity contribution in [1.82, 2.24) is 10.2 Å².